The minimum absolute atomic E-state index is 0.0166. The zero-order valence-electron chi connectivity index (χ0n) is 13.2. The van der Waals surface area contributed by atoms with E-state index in [0.717, 1.165) is 33.6 Å². The zero-order valence-corrected chi connectivity index (χ0v) is 13.2. The Balaban J connectivity index is 1.93. The molecule has 2 N–H and O–H groups in total. The molecule has 1 aliphatic carbocycles. The Bertz CT molecular complexity index is 745. The SMILES string of the molecule is COC(=O)C1=C(c2ccc(CN)cc2)C1c1ccc(OC)cc1. The maximum atomic E-state index is 12.1. The third-order valence-corrected chi connectivity index (χ3v) is 4.14. The molecule has 0 saturated heterocycles. The van der Waals surface area contributed by atoms with Gasteiger partial charge in [0.25, 0.3) is 0 Å². The van der Waals surface area contributed by atoms with Gasteiger partial charge in [0.2, 0.25) is 0 Å². The molecule has 1 unspecified atom stereocenters. The number of hydrogen-bond donors (Lipinski definition) is 1. The molecule has 0 amide bonds. The fraction of sp³-hybridized carbons (Fsp3) is 0.211. The molecule has 2 aromatic rings. The summed E-state index contributed by atoms with van der Waals surface area (Å²) in [6.07, 6.45) is 0. The van der Waals surface area contributed by atoms with E-state index < -0.39 is 0 Å². The van der Waals surface area contributed by atoms with Crippen LogP contribution in [0.5, 0.6) is 5.75 Å². The van der Waals surface area contributed by atoms with E-state index in [-0.39, 0.29) is 11.9 Å². The smallest absolute Gasteiger partial charge is 0.335 e. The van der Waals surface area contributed by atoms with Crippen LogP contribution in [-0.2, 0) is 16.1 Å². The van der Waals surface area contributed by atoms with Crippen LogP contribution < -0.4 is 10.5 Å². The van der Waals surface area contributed by atoms with Crippen molar-refractivity contribution < 1.29 is 14.3 Å². The van der Waals surface area contributed by atoms with Crippen LogP contribution in [0, 0.1) is 0 Å². The van der Waals surface area contributed by atoms with Gasteiger partial charge in [0.1, 0.15) is 5.75 Å². The van der Waals surface area contributed by atoms with Gasteiger partial charge in [0, 0.05) is 12.5 Å². The molecule has 0 radical (unpaired) electrons. The van der Waals surface area contributed by atoms with Gasteiger partial charge in [0.15, 0.2) is 0 Å². The molecule has 0 heterocycles. The van der Waals surface area contributed by atoms with Gasteiger partial charge in [-0.3, -0.25) is 0 Å². The fourth-order valence-corrected chi connectivity index (χ4v) is 2.83. The van der Waals surface area contributed by atoms with Crippen LogP contribution in [0.1, 0.15) is 22.6 Å². The molecule has 4 heteroatoms. The molecule has 0 aromatic heterocycles. The summed E-state index contributed by atoms with van der Waals surface area (Å²) in [6, 6.07) is 15.7. The summed E-state index contributed by atoms with van der Waals surface area (Å²) < 4.78 is 10.1. The van der Waals surface area contributed by atoms with E-state index in [1.807, 2.05) is 48.5 Å². The highest BCUT2D eigenvalue weighted by molar-refractivity contribution is 6.13. The number of nitrogens with two attached hydrogens (primary N) is 1. The van der Waals surface area contributed by atoms with Gasteiger partial charge in [-0.15, -0.1) is 0 Å². The Morgan fingerprint density at radius 1 is 1.04 bits per heavy atom. The molecule has 0 aliphatic heterocycles. The van der Waals surface area contributed by atoms with E-state index in [2.05, 4.69) is 0 Å². The number of benzene rings is 2. The topological polar surface area (TPSA) is 61.5 Å². The molecule has 3 rings (SSSR count). The van der Waals surface area contributed by atoms with Gasteiger partial charge in [-0.1, -0.05) is 36.4 Å². The monoisotopic (exact) mass is 309 g/mol. The van der Waals surface area contributed by atoms with E-state index >= 15 is 0 Å². The second-order valence-corrected chi connectivity index (χ2v) is 5.43. The highest BCUT2D eigenvalue weighted by Crippen LogP contribution is 2.54. The van der Waals surface area contributed by atoms with Crippen LogP contribution in [0.25, 0.3) is 5.57 Å². The maximum absolute atomic E-state index is 12.1. The minimum Gasteiger partial charge on any atom is -0.497 e. The average molecular weight is 309 g/mol. The van der Waals surface area contributed by atoms with Crippen molar-refractivity contribution >= 4 is 11.5 Å². The highest BCUT2D eigenvalue weighted by atomic mass is 16.5. The summed E-state index contributed by atoms with van der Waals surface area (Å²) in [6.45, 7) is 0.505. The van der Waals surface area contributed by atoms with Crippen molar-refractivity contribution in [1.29, 1.82) is 0 Å². The lowest BCUT2D eigenvalue weighted by Gasteiger charge is -2.05. The summed E-state index contributed by atoms with van der Waals surface area (Å²) in [5.74, 6) is 0.503. The van der Waals surface area contributed by atoms with Gasteiger partial charge in [-0.2, -0.15) is 0 Å². The number of methoxy groups -OCH3 is 2. The number of ether oxygens (including phenoxy) is 2. The molecule has 1 atom stereocenters. The predicted octanol–water partition coefficient (Wildman–Crippen LogP) is 2.88. The Morgan fingerprint density at radius 2 is 1.70 bits per heavy atom. The maximum Gasteiger partial charge on any atom is 0.335 e. The van der Waals surface area contributed by atoms with E-state index in [1.54, 1.807) is 7.11 Å². The number of hydrogen-bond acceptors (Lipinski definition) is 4. The van der Waals surface area contributed by atoms with Crippen molar-refractivity contribution in [3.63, 3.8) is 0 Å². The van der Waals surface area contributed by atoms with E-state index in [0.29, 0.717) is 6.54 Å². The summed E-state index contributed by atoms with van der Waals surface area (Å²) in [4.78, 5) is 12.1. The first kappa shape index (κ1) is 15.3. The Kier molecular flexibility index (Phi) is 4.17. The normalized spacial score (nSPS) is 16.2. The molecule has 0 saturated carbocycles. The number of carbonyl (C=O) groups is 1. The van der Waals surface area contributed by atoms with Crippen molar-refractivity contribution in [2.24, 2.45) is 5.73 Å². The third-order valence-electron chi connectivity index (χ3n) is 4.14. The Labute approximate surface area is 135 Å². The lowest BCUT2D eigenvalue weighted by molar-refractivity contribution is -0.135. The fourth-order valence-electron chi connectivity index (χ4n) is 2.83. The van der Waals surface area contributed by atoms with Crippen molar-refractivity contribution in [3.8, 4) is 5.75 Å². The molecule has 0 bridgehead atoms. The first-order chi connectivity index (χ1) is 11.2. The van der Waals surface area contributed by atoms with Gasteiger partial charge in [-0.25, -0.2) is 4.79 Å². The zero-order chi connectivity index (χ0) is 16.4. The molecule has 118 valence electrons. The number of rotatable bonds is 5. The van der Waals surface area contributed by atoms with Crippen molar-refractivity contribution in [2.45, 2.75) is 12.5 Å². The second kappa shape index (κ2) is 6.26. The van der Waals surface area contributed by atoms with Crippen LogP contribution in [0.15, 0.2) is 54.1 Å². The number of carbonyl (C=O) groups excluding carboxylic acids is 1. The van der Waals surface area contributed by atoms with E-state index in [1.165, 1.54) is 7.11 Å². The van der Waals surface area contributed by atoms with Crippen molar-refractivity contribution in [2.75, 3.05) is 14.2 Å². The standard InChI is InChI=1S/C19H19NO3/c1-22-15-9-7-14(8-10-15)17-16(18(17)19(21)23-2)13-5-3-12(11-20)4-6-13/h3-10,17H,11,20H2,1-2H3. The van der Waals surface area contributed by atoms with Crippen molar-refractivity contribution in [1.82, 2.24) is 0 Å². The summed E-state index contributed by atoms with van der Waals surface area (Å²) in [7, 11) is 3.04. The van der Waals surface area contributed by atoms with Crippen LogP contribution in [0.4, 0.5) is 0 Å². The summed E-state index contributed by atoms with van der Waals surface area (Å²) in [5.41, 5.74) is 10.5. The highest BCUT2D eigenvalue weighted by Gasteiger charge is 2.43. The molecular weight excluding hydrogens is 290 g/mol. The lowest BCUT2D eigenvalue weighted by atomic mass is 10.0. The van der Waals surface area contributed by atoms with Crippen LogP contribution in [0.3, 0.4) is 0 Å². The molecule has 2 aromatic carbocycles. The van der Waals surface area contributed by atoms with Gasteiger partial charge in [0.05, 0.1) is 19.8 Å². The summed E-state index contributed by atoms with van der Waals surface area (Å²) in [5, 5.41) is 0. The van der Waals surface area contributed by atoms with Crippen LogP contribution in [0.2, 0.25) is 0 Å². The first-order valence-electron chi connectivity index (χ1n) is 7.45. The van der Waals surface area contributed by atoms with Gasteiger partial charge < -0.3 is 15.2 Å². The number of allylic oxidation sites excluding steroid dienone is 1. The first-order valence-corrected chi connectivity index (χ1v) is 7.45. The molecule has 1 aliphatic rings. The lowest BCUT2D eigenvalue weighted by Crippen LogP contribution is -1.99. The Morgan fingerprint density at radius 3 is 2.22 bits per heavy atom. The quantitative estimate of drug-likeness (QED) is 0.863. The van der Waals surface area contributed by atoms with Gasteiger partial charge in [-0.05, 0) is 34.4 Å². The Hall–Kier alpha value is -2.59. The number of esters is 1. The molecule has 23 heavy (non-hydrogen) atoms. The summed E-state index contributed by atoms with van der Waals surface area (Å²) >= 11 is 0. The average Bonchev–Trinajstić information content (AvgIpc) is 3.36. The largest absolute Gasteiger partial charge is 0.497 e. The predicted molar refractivity (Wildman–Crippen MR) is 89.0 cm³/mol. The molecule has 0 fully saturated rings. The molecule has 0 spiro atoms. The molecular formula is C19H19NO3. The van der Waals surface area contributed by atoms with Gasteiger partial charge >= 0.3 is 5.97 Å². The minimum atomic E-state index is -0.274. The van der Waals surface area contributed by atoms with Crippen LogP contribution >= 0.6 is 0 Å². The van der Waals surface area contributed by atoms with E-state index in [4.69, 9.17) is 15.2 Å². The van der Waals surface area contributed by atoms with Crippen LogP contribution in [-0.4, -0.2) is 20.2 Å². The molecule has 4 nitrogen and oxygen atoms in total. The second-order valence-electron chi connectivity index (χ2n) is 5.43. The van der Waals surface area contributed by atoms with Crippen molar-refractivity contribution in [3.05, 3.63) is 70.8 Å². The third kappa shape index (κ3) is 2.85. The van der Waals surface area contributed by atoms with E-state index in [9.17, 15) is 4.79 Å².